The quantitative estimate of drug-likeness (QED) is 0.229. The van der Waals surface area contributed by atoms with Crippen LogP contribution in [0, 0.1) is 13.8 Å². The highest BCUT2D eigenvalue weighted by atomic mass is 32.2. The van der Waals surface area contributed by atoms with Gasteiger partial charge in [0.15, 0.2) is 5.82 Å². The normalized spacial score (nSPS) is 11.7. The first-order chi connectivity index (χ1) is 17.0. The standard InChI is InChI=1S/C28H25N3O3S/c1-17-10-12-19(13-11-17)26-30-27-23(14-20-7-4-6-18(2)25(20)34-27)28(31-26)35-16-24(32)29-21-8-5-9-22(15-21)33-3/h4-13,15H,14,16H2,1-3H3,(H,29,32). The predicted molar refractivity (Wildman–Crippen MR) is 139 cm³/mol. The number of methoxy groups -OCH3 is 1. The third kappa shape index (κ3) is 5.00. The van der Waals surface area contributed by atoms with E-state index in [1.165, 1.54) is 11.8 Å². The average Bonchev–Trinajstić information content (AvgIpc) is 2.87. The van der Waals surface area contributed by atoms with E-state index >= 15 is 0 Å². The van der Waals surface area contributed by atoms with Gasteiger partial charge in [-0.15, -0.1) is 0 Å². The zero-order chi connectivity index (χ0) is 24.4. The van der Waals surface area contributed by atoms with Gasteiger partial charge in [-0.1, -0.05) is 65.9 Å². The third-order valence-corrected chi connectivity index (χ3v) is 6.81. The Morgan fingerprint density at radius 3 is 2.66 bits per heavy atom. The van der Waals surface area contributed by atoms with Gasteiger partial charge < -0.3 is 14.8 Å². The van der Waals surface area contributed by atoms with Crippen molar-refractivity contribution in [2.75, 3.05) is 18.2 Å². The number of nitrogens with zero attached hydrogens (tertiary/aromatic N) is 2. The van der Waals surface area contributed by atoms with Crippen LogP contribution in [0.2, 0.25) is 0 Å². The minimum absolute atomic E-state index is 0.125. The molecule has 0 aliphatic carbocycles. The monoisotopic (exact) mass is 483 g/mol. The van der Waals surface area contributed by atoms with Crippen LogP contribution < -0.4 is 14.8 Å². The van der Waals surface area contributed by atoms with Crippen LogP contribution in [-0.4, -0.2) is 28.7 Å². The molecule has 0 spiro atoms. The van der Waals surface area contributed by atoms with Gasteiger partial charge in [0, 0.05) is 23.7 Å². The van der Waals surface area contributed by atoms with Crippen LogP contribution in [0.1, 0.15) is 22.3 Å². The summed E-state index contributed by atoms with van der Waals surface area (Å²) in [7, 11) is 1.60. The lowest BCUT2D eigenvalue weighted by Crippen LogP contribution is -2.15. The number of benzene rings is 3. The minimum Gasteiger partial charge on any atom is -0.497 e. The molecule has 6 nitrogen and oxygen atoms in total. The van der Waals surface area contributed by atoms with Crippen LogP contribution in [0.3, 0.4) is 0 Å². The predicted octanol–water partition coefficient (Wildman–Crippen LogP) is 6.20. The van der Waals surface area contributed by atoms with Gasteiger partial charge in [0.2, 0.25) is 11.8 Å². The summed E-state index contributed by atoms with van der Waals surface area (Å²) < 4.78 is 11.5. The number of para-hydroxylation sites is 1. The summed E-state index contributed by atoms with van der Waals surface area (Å²) in [4.78, 5) is 22.4. The van der Waals surface area contributed by atoms with Crippen LogP contribution in [-0.2, 0) is 11.2 Å². The molecular formula is C28H25N3O3S. The number of aryl methyl sites for hydroxylation is 2. The number of fused-ring (bicyclic) bond motifs is 2. The molecule has 3 aromatic carbocycles. The van der Waals surface area contributed by atoms with E-state index in [4.69, 9.17) is 19.4 Å². The maximum atomic E-state index is 12.7. The molecule has 0 atom stereocenters. The Bertz CT molecular complexity index is 1400. The number of ether oxygens (including phenoxy) is 2. The Labute approximate surface area is 208 Å². The average molecular weight is 484 g/mol. The van der Waals surface area contributed by atoms with E-state index in [1.54, 1.807) is 13.2 Å². The molecule has 0 saturated heterocycles. The van der Waals surface area contributed by atoms with Crippen LogP contribution in [0.4, 0.5) is 5.69 Å². The molecule has 35 heavy (non-hydrogen) atoms. The van der Waals surface area contributed by atoms with Gasteiger partial charge >= 0.3 is 0 Å². The fraction of sp³-hybridized carbons (Fsp3) is 0.179. The topological polar surface area (TPSA) is 73.3 Å². The number of carbonyl (C=O) groups is 1. The van der Waals surface area contributed by atoms with Crippen LogP contribution >= 0.6 is 11.8 Å². The SMILES string of the molecule is COc1cccc(NC(=O)CSc2nc(-c3ccc(C)cc3)nc3c2Cc2cccc(C)c2O3)c1. The fourth-order valence-corrected chi connectivity index (χ4v) is 4.77. The van der Waals surface area contributed by atoms with Crippen molar-refractivity contribution >= 4 is 23.4 Å². The van der Waals surface area contributed by atoms with Gasteiger partial charge in [-0.05, 0) is 37.1 Å². The number of thioether (sulfide) groups is 1. The molecule has 1 aliphatic heterocycles. The Morgan fingerprint density at radius 2 is 1.86 bits per heavy atom. The molecule has 0 bridgehead atoms. The van der Waals surface area contributed by atoms with Crippen molar-refractivity contribution in [3.8, 4) is 28.8 Å². The zero-order valence-electron chi connectivity index (χ0n) is 19.8. The van der Waals surface area contributed by atoms with Crippen molar-refractivity contribution in [2.24, 2.45) is 0 Å². The molecule has 1 N–H and O–H groups in total. The largest absolute Gasteiger partial charge is 0.497 e. The van der Waals surface area contributed by atoms with E-state index in [1.807, 2.05) is 68.4 Å². The second kappa shape index (κ2) is 9.80. The Hall–Kier alpha value is -3.84. The summed E-state index contributed by atoms with van der Waals surface area (Å²) in [6.07, 6.45) is 0.653. The summed E-state index contributed by atoms with van der Waals surface area (Å²) in [6.45, 7) is 4.08. The van der Waals surface area contributed by atoms with E-state index in [-0.39, 0.29) is 11.7 Å². The molecule has 5 rings (SSSR count). The van der Waals surface area contributed by atoms with Gasteiger partial charge in [0.1, 0.15) is 16.5 Å². The molecule has 0 fully saturated rings. The number of hydrogen-bond acceptors (Lipinski definition) is 6. The van der Waals surface area contributed by atoms with E-state index in [9.17, 15) is 4.79 Å². The Morgan fingerprint density at radius 1 is 1.06 bits per heavy atom. The molecule has 0 saturated carbocycles. The minimum atomic E-state index is -0.125. The zero-order valence-corrected chi connectivity index (χ0v) is 20.6. The van der Waals surface area contributed by atoms with Crippen molar-refractivity contribution < 1.29 is 14.3 Å². The lowest BCUT2D eigenvalue weighted by molar-refractivity contribution is -0.113. The first-order valence-corrected chi connectivity index (χ1v) is 12.3. The molecule has 7 heteroatoms. The Balaban J connectivity index is 1.44. The van der Waals surface area contributed by atoms with Gasteiger partial charge in [-0.25, -0.2) is 4.98 Å². The molecule has 1 amide bonds. The highest BCUT2D eigenvalue weighted by Crippen LogP contribution is 2.41. The maximum absolute atomic E-state index is 12.7. The number of hydrogen-bond donors (Lipinski definition) is 1. The highest BCUT2D eigenvalue weighted by Gasteiger charge is 2.25. The summed E-state index contributed by atoms with van der Waals surface area (Å²) in [5.74, 6) is 2.74. The number of nitrogens with one attached hydrogen (secondary N) is 1. The number of amides is 1. The summed E-state index contributed by atoms with van der Waals surface area (Å²) in [6, 6.07) is 21.5. The van der Waals surface area contributed by atoms with Crippen molar-refractivity contribution in [3.63, 3.8) is 0 Å². The molecule has 0 radical (unpaired) electrons. The van der Waals surface area contributed by atoms with Crippen LogP contribution in [0.5, 0.6) is 17.4 Å². The van der Waals surface area contributed by atoms with Crippen molar-refractivity contribution in [2.45, 2.75) is 25.3 Å². The number of rotatable bonds is 6. The van der Waals surface area contributed by atoms with Crippen LogP contribution in [0.25, 0.3) is 11.4 Å². The molecular weight excluding hydrogens is 458 g/mol. The van der Waals surface area contributed by atoms with Crippen molar-refractivity contribution in [3.05, 3.63) is 89.0 Å². The van der Waals surface area contributed by atoms with Crippen molar-refractivity contribution in [1.29, 1.82) is 0 Å². The van der Waals surface area contributed by atoms with Crippen molar-refractivity contribution in [1.82, 2.24) is 9.97 Å². The van der Waals surface area contributed by atoms with E-state index in [0.29, 0.717) is 29.6 Å². The Kier molecular flexibility index (Phi) is 6.42. The maximum Gasteiger partial charge on any atom is 0.234 e. The van der Waals surface area contributed by atoms with Gasteiger partial charge in [-0.2, -0.15) is 4.98 Å². The van der Waals surface area contributed by atoms with Crippen LogP contribution in [0.15, 0.2) is 71.8 Å². The summed E-state index contributed by atoms with van der Waals surface area (Å²) in [5.41, 5.74) is 5.81. The van der Waals surface area contributed by atoms with Gasteiger partial charge in [0.05, 0.1) is 18.4 Å². The summed E-state index contributed by atoms with van der Waals surface area (Å²) >= 11 is 1.39. The first kappa shape index (κ1) is 22.9. The lowest BCUT2D eigenvalue weighted by Gasteiger charge is -2.23. The molecule has 1 aromatic heterocycles. The number of carbonyl (C=O) groups excluding carboxylic acids is 1. The second-order valence-corrected chi connectivity index (χ2v) is 9.38. The summed E-state index contributed by atoms with van der Waals surface area (Å²) in [5, 5.41) is 3.68. The second-order valence-electron chi connectivity index (χ2n) is 8.41. The lowest BCUT2D eigenvalue weighted by atomic mass is 10.0. The smallest absolute Gasteiger partial charge is 0.234 e. The third-order valence-electron chi connectivity index (χ3n) is 5.79. The number of aromatic nitrogens is 2. The first-order valence-electron chi connectivity index (χ1n) is 11.3. The number of anilines is 1. The molecule has 0 unspecified atom stereocenters. The van der Waals surface area contributed by atoms with E-state index < -0.39 is 0 Å². The van der Waals surface area contributed by atoms with E-state index in [2.05, 4.69) is 11.4 Å². The molecule has 176 valence electrons. The molecule has 4 aromatic rings. The van der Waals surface area contributed by atoms with E-state index in [0.717, 1.165) is 38.6 Å². The highest BCUT2D eigenvalue weighted by molar-refractivity contribution is 8.00. The van der Waals surface area contributed by atoms with Gasteiger partial charge in [0.25, 0.3) is 0 Å². The van der Waals surface area contributed by atoms with Gasteiger partial charge in [-0.3, -0.25) is 4.79 Å². The molecule has 1 aliphatic rings. The fourth-order valence-electron chi connectivity index (χ4n) is 3.95. The molecule has 2 heterocycles.